The molecule has 0 unspecified atom stereocenters. The number of halogens is 2. The van der Waals surface area contributed by atoms with Gasteiger partial charge in [-0.05, 0) is 12.1 Å². The third kappa shape index (κ3) is 2.78. The molecule has 0 atom stereocenters. The summed E-state index contributed by atoms with van der Waals surface area (Å²) in [4.78, 5) is 11.9. The number of benzene rings is 1. The predicted molar refractivity (Wildman–Crippen MR) is 71.7 cm³/mol. The van der Waals surface area contributed by atoms with Crippen LogP contribution in [0, 0.1) is 17.1 Å². The SMILES string of the molecule is Cn1ncc(C#N)c1NC(=O)Cc1c(F)cccc1Cl. The van der Waals surface area contributed by atoms with Gasteiger partial charge in [0.25, 0.3) is 0 Å². The Bertz CT molecular complexity index is 679. The summed E-state index contributed by atoms with van der Waals surface area (Å²) in [6.45, 7) is 0. The highest BCUT2D eigenvalue weighted by Crippen LogP contribution is 2.20. The Labute approximate surface area is 119 Å². The van der Waals surface area contributed by atoms with Crippen molar-refractivity contribution in [1.82, 2.24) is 9.78 Å². The molecule has 1 amide bonds. The molecule has 0 bridgehead atoms. The van der Waals surface area contributed by atoms with Crippen molar-refractivity contribution >= 4 is 23.3 Å². The van der Waals surface area contributed by atoms with Crippen LogP contribution in [0.1, 0.15) is 11.1 Å². The summed E-state index contributed by atoms with van der Waals surface area (Å²) in [5.41, 5.74) is 0.354. The van der Waals surface area contributed by atoms with Gasteiger partial charge in [0.1, 0.15) is 23.3 Å². The summed E-state index contributed by atoms with van der Waals surface area (Å²) in [6.07, 6.45) is 1.12. The van der Waals surface area contributed by atoms with Crippen LogP contribution < -0.4 is 5.32 Å². The maximum absolute atomic E-state index is 13.6. The molecule has 1 aromatic heterocycles. The first kappa shape index (κ1) is 14.0. The molecule has 1 heterocycles. The van der Waals surface area contributed by atoms with Crippen molar-refractivity contribution in [2.75, 3.05) is 5.32 Å². The van der Waals surface area contributed by atoms with E-state index in [0.29, 0.717) is 0 Å². The number of anilines is 1. The number of amides is 1. The van der Waals surface area contributed by atoms with E-state index in [9.17, 15) is 9.18 Å². The van der Waals surface area contributed by atoms with Gasteiger partial charge in [-0.3, -0.25) is 9.48 Å². The van der Waals surface area contributed by atoms with Crippen molar-refractivity contribution in [3.05, 3.63) is 46.4 Å². The van der Waals surface area contributed by atoms with Crippen LogP contribution in [0.25, 0.3) is 0 Å². The minimum Gasteiger partial charge on any atom is -0.310 e. The highest BCUT2D eigenvalue weighted by Gasteiger charge is 2.15. The molecule has 0 radical (unpaired) electrons. The average molecular weight is 293 g/mol. The largest absolute Gasteiger partial charge is 0.310 e. The Morgan fingerprint density at radius 3 is 3.00 bits per heavy atom. The number of nitriles is 1. The van der Waals surface area contributed by atoms with Crippen molar-refractivity contribution in [3.8, 4) is 6.07 Å². The highest BCUT2D eigenvalue weighted by atomic mass is 35.5. The number of carbonyl (C=O) groups is 1. The van der Waals surface area contributed by atoms with Crippen LogP contribution in [-0.2, 0) is 18.3 Å². The number of aromatic nitrogens is 2. The van der Waals surface area contributed by atoms with E-state index in [0.717, 1.165) is 0 Å². The molecule has 7 heteroatoms. The zero-order valence-electron chi connectivity index (χ0n) is 10.5. The maximum atomic E-state index is 13.6. The van der Waals surface area contributed by atoms with E-state index in [-0.39, 0.29) is 28.4 Å². The molecule has 0 aliphatic rings. The second kappa shape index (κ2) is 5.72. The van der Waals surface area contributed by atoms with Gasteiger partial charge in [-0.15, -0.1) is 0 Å². The van der Waals surface area contributed by atoms with E-state index in [1.54, 1.807) is 7.05 Å². The van der Waals surface area contributed by atoms with E-state index >= 15 is 0 Å². The molecule has 0 aliphatic heterocycles. The maximum Gasteiger partial charge on any atom is 0.230 e. The molecule has 1 aromatic carbocycles. The number of aryl methyl sites for hydroxylation is 1. The predicted octanol–water partition coefficient (Wildman–Crippen LogP) is 2.27. The molecule has 0 spiro atoms. The first-order valence-corrected chi connectivity index (χ1v) is 6.05. The van der Waals surface area contributed by atoms with Crippen LogP contribution in [0.4, 0.5) is 10.2 Å². The Morgan fingerprint density at radius 1 is 1.60 bits per heavy atom. The summed E-state index contributed by atoms with van der Waals surface area (Å²) < 4.78 is 14.9. The fraction of sp³-hybridized carbons (Fsp3) is 0.154. The van der Waals surface area contributed by atoms with Crippen LogP contribution in [0.5, 0.6) is 0 Å². The van der Waals surface area contributed by atoms with Crippen LogP contribution in [0.15, 0.2) is 24.4 Å². The third-order valence-electron chi connectivity index (χ3n) is 2.72. The lowest BCUT2D eigenvalue weighted by Crippen LogP contribution is -2.18. The minimum absolute atomic E-state index is 0.118. The summed E-state index contributed by atoms with van der Waals surface area (Å²) in [5.74, 6) is -0.750. The molecule has 1 N–H and O–H groups in total. The first-order chi connectivity index (χ1) is 9.52. The van der Waals surface area contributed by atoms with Crippen LogP contribution >= 0.6 is 11.6 Å². The molecular weight excluding hydrogens is 283 g/mol. The van der Waals surface area contributed by atoms with E-state index < -0.39 is 11.7 Å². The summed E-state index contributed by atoms with van der Waals surface area (Å²) in [7, 11) is 1.59. The molecule has 2 aromatic rings. The first-order valence-electron chi connectivity index (χ1n) is 5.67. The standard InChI is InChI=1S/C13H10ClFN4O/c1-19-13(8(6-16)7-17-19)18-12(20)5-9-10(14)3-2-4-11(9)15/h2-4,7H,5H2,1H3,(H,18,20). The minimum atomic E-state index is -0.543. The Kier molecular flexibility index (Phi) is 4.01. The van der Waals surface area contributed by atoms with Gasteiger partial charge in [0.2, 0.25) is 5.91 Å². The molecule has 102 valence electrons. The normalized spacial score (nSPS) is 10.1. The zero-order valence-corrected chi connectivity index (χ0v) is 11.3. The number of hydrogen-bond acceptors (Lipinski definition) is 3. The third-order valence-corrected chi connectivity index (χ3v) is 3.07. The van der Waals surface area contributed by atoms with Crippen molar-refractivity contribution in [1.29, 1.82) is 5.26 Å². The van der Waals surface area contributed by atoms with Crippen molar-refractivity contribution in [2.24, 2.45) is 7.05 Å². The Morgan fingerprint density at radius 2 is 2.35 bits per heavy atom. The molecule has 2 rings (SSSR count). The van der Waals surface area contributed by atoms with Gasteiger partial charge in [0.05, 0.1) is 12.6 Å². The summed E-state index contributed by atoms with van der Waals surface area (Å²) in [6, 6.07) is 6.12. The number of nitrogens with zero attached hydrogens (tertiary/aromatic N) is 3. The number of hydrogen-bond donors (Lipinski definition) is 1. The van der Waals surface area contributed by atoms with Crippen LogP contribution in [-0.4, -0.2) is 15.7 Å². The number of nitrogens with one attached hydrogen (secondary N) is 1. The summed E-state index contributed by atoms with van der Waals surface area (Å²) in [5, 5.41) is 15.5. The van der Waals surface area contributed by atoms with Gasteiger partial charge in [-0.25, -0.2) is 4.39 Å². The monoisotopic (exact) mass is 292 g/mol. The molecule has 0 saturated carbocycles. The van der Waals surface area contributed by atoms with Crippen molar-refractivity contribution < 1.29 is 9.18 Å². The summed E-state index contributed by atoms with van der Waals surface area (Å²) >= 11 is 5.86. The molecule has 5 nitrogen and oxygen atoms in total. The van der Waals surface area contributed by atoms with Crippen LogP contribution in [0.3, 0.4) is 0 Å². The lowest BCUT2D eigenvalue weighted by Gasteiger charge is -2.08. The van der Waals surface area contributed by atoms with E-state index in [2.05, 4.69) is 10.4 Å². The van der Waals surface area contributed by atoms with Gasteiger partial charge in [0, 0.05) is 17.6 Å². The fourth-order valence-electron chi connectivity index (χ4n) is 1.71. The number of carbonyl (C=O) groups excluding carboxylic acids is 1. The van der Waals surface area contributed by atoms with Crippen molar-refractivity contribution in [3.63, 3.8) is 0 Å². The molecule has 0 saturated heterocycles. The fourth-order valence-corrected chi connectivity index (χ4v) is 1.94. The highest BCUT2D eigenvalue weighted by molar-refractivity contribution is 6.31. The molecule has 20 heavy (non-hydrogen) atoms. The second-order valence-electron chi connectivity index (χ2n) is 4.07. The van der Waals surface area contributed by atoms with E-state index in [4.69, 9.17) is 16.9 Å². The number of rotatable bonds is 3. The van der Waals surface area contributed by atoms with E-state index in [1.165, 1.54) is 29.1 Å². The van der Waals surface area contributed by atoms with E-state index in [1.807, 2.05) is 6.07 Å². The van der Waals surface area contributed by atoms with Gasteiger partial charge in [-0.2, -0.15) is 10.4 Å². The Balaban J connectivity index is 2.18. The van der Waals surface area contributed by atoms with Gasteiger partial charge in [-0.1, -0.05) is 17.7 Å². The smallest absolute Gasteiger partial charge is 0.230 e. The Hall–Kier alpha value is -2.39. The van der Waals surface area contributed by atoms with Gasteiger partial charge in [0.15, 0.2) is 0 Å². The van der Waals surface area contributed by atoms with Crippen LogP contribution in [0.2, 0.25) is 5.02 Å². The molecule has 0 fully saturated rings. The molecular formula is C13H10ClFN4O. The lowest BCUT2D eigenvalue weighted by atomic mass is 10.1. The topological polar surface area (TPSA) is 70.7 Å². The second-order valence-corrected chi connectivity index (χ2v) is 4.47. The van der Waals surface area contributed by atoms with Gasteiger partial charge < -0.3 is 5.32 Å². The lowest BCUT2D eigenvalue weighted by molar-refractivity contribution is -0.115. The van der Waals surface area contributed by atoms with Crippen molar-refractivity contribution in [2.45, 2.75) is 6.42 Å². The average Bonchev–Trinajstić information content (AvgIpc) is 2.75. The van der Waals surface area contributed by atoms with Gasteiger partial charge >= 0.3 is 0 Å². The molecule has 0 aliphatic carbocycles. The quantitative estimate of drug-likeness (QED) is 0.943. The zero-order chi connectivity index (χ0) is 14.7.